The number of hydrogen-bond acceptors (Lipinski definition) is 3. The Morgan fingerprint density at radius 1 is 0.960 bits per heavy atom. The molecular weight excluding hydrogens is 332 g/mol. The third-order valence-corrected chi connectivity index (χ3v) is 5.78. The SMILES string of the molecule is c1ccc(-n2cc(-c3ccc4c(c3)OCCO4)[n+]3c2SCCC3)cc1. The normalized spacial score (nSPS) is 15.7. The van der Waals surface area contributed by atoms with E-state index >= 15 is 0 Å². The molecule has 0 spiro atoms. The van der Waals surface area contributed by atoms with E-state index in [9.17, 15) is 0 Å². The average Bonchev–Trinajstić information content (AvgIpc) is 3.08. The number of fused-ring (bicyclic) bond motifs is 2. The largest absolute Gasteiger partial charge is 0.486 e. The molecule has 0 atom stereocenters. The van der Waals surface area contributed by atoms with Crippen LogP contribution in [-0.2, 0) is 6.54 Å². The number of ether oxygens (including phenoxy) is 2. The van der Waals surface area contributed by atoms with E-state index in [-0.39, 0.29) is 0 Å². The molecule has 0 saturated carbocycles. The highest BCUT2D eigenvalue weighted by Gasteiger charge is 2.29. The summed E-state index contributed by atoms with van der Waals surface area (Å²) in [5, 5.41) is 1.29. The molecule has 0 fully saturated rings. The van der Waals surface area contributed by atoms with Gasteiger partial charge in [-0.15, -0.1) is 0 Å². The van der Waals surface area contributed by atoms with E-state index in [0.29, 0.717) is 13.2 Å². The van der Waals surface area contributed by atoms with Crippen LogP contribution in [0, 0.1) is 0 Å². The Morgan fingerprint density at radius 3 is 2.68 bits per heavy atom. The first-order valence-electron chi connectivity index (χ1n) is 8.63. The molecule has 4 nitrogen and oxygen atoms in total. The van der Waals surface area contributed by atoms with Crippen LogP contribution in [0.15, 0.2) is 59.9 Å². The van der Waals surface area contributed by atoms with Gasteiger partial charge in [0.05, 0.1) is 6.54 Å². The smallest absolute Gasteiger partial charge is 0.323 e. The second-order valence-corrected chi connectivity index (χ2v) is 7.28. The van der Waals surface area contributed by atoms with Crippen molar-refractivity contribution in [1.29, 1.82) is 0 Å². The van der Waals surface area contributed by atoms with Crippen LogP contribution < -0.4 is 14.0 Å². The molecule has 3 aromatic rings. The lowest BCUT2D eigenvalue weighted by Gasteiger charge is -2.18. The minimum Gasteiger partial charge on any atom is -0.486 e. The fourth-order valence-corrected chi connectivity index (χ4v) is 4.54. The molecule has 0 unspecified atom stereocenters. The maximum absolute atomic E-state index is 5.77. The van der Waals surface area contributed by atoms with Gasteiger partial charge in [0, 0.05) is 11.3 Å². The zero-order chi connectivity index (χ0) is 16.6. The van der Waals surface area contributed by atoms with Crippen LogP contribution in [0.1, 0.15) is 6.42 Å². The summed E-state index contributed by atoms with van der Waals surface area (Å²) in [6, 6.07) is 16.8. The van der Waals surface area contributed by atoms with Crippen LogP contribution in [0.25, 0.3) is 16.9 Å². The van der Waals surface area contributed by atoms with Gasteiger partial charge in [-0.2, -0.15) is 4.57 Å². The van der Waals surface area contributed by atoms with E-state index in [0.717, 1.165) is 23.8 Å². The third-order valence-electron chi connectivity index (χ3n) is 4.61. The average molecular weight is 351 g/mol. The Morgan fingerprint density at radius 2 is 1.80 bits per heavy atom. The summed E-state index contributed by atoms with van der Waals surface area (Å²) < 4.78 is 16.2. The van der Waals surface area contributed by atoms with Crippen molar-refractivity contribution >= 4 is 11.8 Å². The van der Waals surface area contributed by atoms with Crippen molar-refractivity contribution < 1.29 is 14.0 Å². The number of imidazole rings is 1. The molecule has 2 aliphatic rings. The van der Waals surface area contributed by atoms with Crippen molar-refractivity contribution in [2.45, 2.75) is 18.1 Å². The van der Waals surface area contributed by atoms with E-state index in [2.05, 4.69) is 57.8 Å². The van der Waals surface area contributed by atoms with Crippen molar-refractivity contribution in [2.75, 3.05) is 19.0 Å². The Hall–Kier alpha value is -2.40. The first kappa shape index (κ1) is 14.9. The zero-order valence-corrected chi connectivity index (χ0v) is 14.7. The molecule has 2 aromatic carbocycles. The maximum Gasteiger partial charge on any atom is 0.323 e. The molecule has 0 saturated heterocycles. The van der Waals surface area contributed by atoms with E-state index in [4.69, 9.17) is 9.47 Å². The second-order valence-electron chi connectivity index (χ2n) is 6.21. The molecule has 0 amide bonds. The number of rotatable bonds is 2. The fraction of sp³-hybridized carbons (Fsp3) is 0.250. The lowest BCUT2D eigenvalue weighted by molar-refractivity contribution is -0.724. The monoisotopic (exact) mass is 351 g/mol. The highest BCUT2D eigenvalue weighted by Crippen LogP contribution is 2.35. The third kappa shape index (κ3) is 2.59. The van der Waals surface area contributed by atoms with Crippen LogP contribution in [0.3, 0.4) is 0 Å². The predicted molar refractivity (Wildman–Crippen MR) is 97.7 cm³/mol. The van der Waals surface area contributed by atoms with E-state index in [1.807, 2.05) is 17.8 Å². The van der Waals surface area contributed by atoms with Crippen molar-refractivity contribution in [2.24, 2.45) is 0 Å². The highest BCUT2D eigenvalue weighted by atomic mass is 32.2. The summed E-state index contributed by atoms with van der Waals surface area (Å²) in [4.78, 5) is 0. The Labute approximate surface area is 151 Å². The molecule has 5 rings (SSSR count). The molecule has 1 aromatic heterocycles. The van der Waals surface area contributed by atoms with Gasteiger partial charge < -0.3 is 9.47 Å². The van der Waals surface area contributed by atoms with Crippen LogP contribution in [0.2, 0.25) is 0 Å². The van der Waals surface area contributed by atoms with Gasteiger partial charge in [0.1, 0.15) is 25.1 Å². The molecule has 5 heteroatoms. The number of thioether (sulfide) groups is 1. The summed E-state index contributed by atoms with van der Waals surface area (Å²) in [5.41, 5.74) is 3.59. The first-order valence-corrected chi connectivity index (χ1v) is 9.62. The second kappa shape index (κ2) is 6.15. The minimum atomic E-state index is 0.614. The van der Waals surface area contributed by atoms with Gasteiger partial charge in [0.15, 0.2) is 17.2 Å². The van der Waals surface area contributed by atoms with E-state index < -0.39 is 0 Å². The quantitative estimate of drug-likeness (QED) is 0.659. The van der Waals surface area contributed by atoms with Gasteiger partial charge in [-0.05, 0) is 48.5 Å². The van der Waals surface area contributed by atoms with Gasteiger partial charge in [0.2, 0.25) is 0 Å². The van der Waals surface area contributed by atoms with Gasteiger partial charge in [-0.1, -0.05) is 18.2 Å². The number of para-hydroxylation sites is 1. The predicted octanol–water partition coefficient (Wildman–Crippen LogP) is 3.70. The number of aromatic nitrogens is 2. The molecule has 0 aliphatic carbocycles. The topological polar surface area (TPSA) is 27.3 Å². The Bertz CT molecular complexity index is 921. The number of hydrogen-bond donors (Lipinski definition) is 0. The Kier molecular flexibility index (Phi) is 3.67. The molecule has 0 bridgehead atoms. The highest BCUT2D eigenvalue weighted by molar-refractivity contribution is 7.99. The molecule has 2 aliphatic heterocycles. The molecule has 126 valence electrons. The van der Waals surface area contributed by atoms with Gasteiger partial charge >= 0.3 is 5.16 Å². The van der Waals surface area contributed by atoms with Gasteiger partial charge in [0.25, 0.3) is 0 Å². The van der Waals surface area contributed by atoms with Gasteiger partial charge in [-0.25, -0.2) is 4.57 Å². The van der Waals surface area contributed by atoms with Crippen molar-refractivity contribution in [3.8, 4) is 28.4 Å². The standard InChI is InChI=1S/C20H19N2O2S/c1-2-5-16(6-3-1)22-14-17(21-9-4-12-25-20(21)22)15-7-8-18-19(13-15)24-11-10-23-18/h1-3,5-8,13-14H,4,9-12H2/q+1. The van der Waals surface area contributed by atoms with Crippen LogP contribution in [0.4, 0.5) is 0 Å². The Balaban J connectivity index is 1.65. The molecule has 0 N–H and O–H groups in total. The maximum atomic E-state index is 5.77. The first-order chi connectivity index (χ1) is 12.4. The number of benzene rings is 2. The van der Waals surface area contributed by atoms with Crippen LogP contribution in [0.5, 0.6) is 11.5 Å². The fourth-order valence-electron chi connectivity index (χ4n) is 3.44. The van der Waals surface area contributed by atoms with E-state index in [1.54, 1.807) is 0 Å². The summed E-state index contributed by atoms with van der Waals surface area (Å²) in [6.07, 6.45) is 3.44. The van der Waals surface area contributed by atoms with Crippen molar-refractivity contribution in [3.05, 3.63) is 54.7 Å². The summed E-state index contributed by atoms with van der Waals surface area (Å²) >= 11 is 1.92. The van der Waals surface area contributed by atoms with Crippen molar-refractivity contribution in [3.63, 3.8) is 0 Å². The number of nitrogens with zero attached hydrogens (tertiary/aromatic N) is 2. The van der Waals surface area contributed by atoms with Crippen LogP contribution >= 0.6 is 11.8 Å². The molecule has 3 heterocycles. The minimum absolute atomic E-state index is 0.614. The van der Waals surface area contributed by atoms with Crippen LogP contribution in [-0.4, -0.2) is 23.5 Å². The van der Waals surface area contributed by atoms with Crippen molar-refractivity contribution in [1.82, 2.24) is 4.57 Å². The lowest BCUT2D eigenvalue weighted by atomic mass is 10.1. The summed E-state index contributed by atoms with van der Waals surface area (Å²) in [7, 11) is 0. The molecular formula is C20H19N2O2S+. The summed E-state index contributed by atoms with van der Waals surface area (Å²) in [5.74, 6) is 2.84. The molecule has 25 heavy (non-hydrogen) atoms. The summed E-state index contributed by atoms with van der Waals surface area (Å²) in [6.45, 7) is 2.28. The molecule has 0 radical (unpaired) electrons. The van der Waals surface area contributed by atoms with E-state index in [1.165, 1.54) is 28.5 Å². The van der Waals surface area contributed by atoms with Gasteiger partial charge in [-0.3, -0.25) is 0 Å². The lowest BCUT2D eigenvalue weighted by Crippen LogP contribution is -2.40. The zero-order valence-electron chi connectivity index (χ0n) is 13.9.